The van der Waals surface area contributed by atoms with Crippen molar-refractivity contribution in [1.29, 1.82) is 0 Å². The fraction of sp³-hybridized carbons (Fsp3) is 0.435. The Bertz CT molecular complexity index is 1000. The average molecular weight is 483 g/mol. The normalized spacial score (nSPS) is 19.0. The van der Waals surface area contributed by atoms with Gasteiger partial charge >= 0.3 is 6.09 Å². The van der Waals surface area contributed by atoms with E-state index >= 15 is 0 Å². The first-order valence-corrected chi connectivity index (χ1v) is 12.1. The van der Waals surface area contributed by atoms with Gasteiger partial charge < -0.3 is 15.4 Å². The summed E-state index contributed by atoms with van der Waals surface area (Å²) in [7, 11) is -4.02. The summed E-state index contributed by atoms with van der Waals surface area (Å²) in [5.74, 6) is 0.114. The van der Waals surface area contributed by atoms with Crippen LogP contribution in [-0.4, -0.2) is 48.7 Å². The van der Waals surface area contributed by atoms with E-state index in [4.69, 9.17) is 26.6 Å². The highest BCUT2D eigenvalue weighted by Crippen LogP contribution is 2.28. The number of hydrogen-bond donors (Lipinski definition) is 2. The zero-order chi connectivity index (χ0) is 24.1. The monoisotopic (exact) mass is 482 g/mol. The molecule has 1 fully saturated rings. The summed E-state index contributed by atoms with van der Waals surface area (Å²) in [6.07, 6.45) is 0.500. The molecule has 1 aliphatic rings. The minimum atomic E-state index is -4.02. The number of nitrogens with two attached hydrogens (primary N) is 1. The number of rotatable bonds is 2. The van der Waals surface area contributed by atoms with Gasteiger partial charge in [-0.3, -0.25) is 4.55 Å². The second kappa shape index (κ2) is 10.7. The summed E-state index contributed by atoms with van der Waals surface area (Å²) >= 11 is 5.92. The number of likely N-dealkylation sites (tertiary alicyclic amines) is 1. The first kappa shape index (κ1) is 26.1. The van der Waals surface area contributed by atoms with Crippen molar-refractivity contribution in [3.05, 3.63) is 64.7 Å². The molecule has 0 spiro atoms. The van der Waals surface area contributed by atoms with Crippen LogP contribution in [0, 0.1) is 6.92 Å². The number of aryl methyl sites for hydroxylation is 1. The second-order valence-corrected chi connectivity index (χ2v) is 10.7. The highest BCUT2D eigenvalue weighted by atomic mass is 35.5. The predicted octanol–water partition coefficient (Wildman–Crippen LogP) is 4.63. The quantitative estimate of drug-likeness (QED) is 0.603. The molecule has 3 N–H and O–H groups in total. The number of halogens is 1. The van der Waals surface area contributed by atoms with Crippen LogP contribution in [0.15, 0.2) is 53.4 Å². The molecular formula is C23H31ClN2O5S. The number of ether oxygens (including phenoxy) is 1. The highest BCUT2D eigenvalue weighted by molar-refractivity contribution is 7.85. The summed E-state index contributed by atoms with van der Waals surface area (Å²) in [5.41, 5.74) is 7.81. The van der Waals surface area contributed by atoms with Crippen LogP contribution in [0.5, 0.6) is 0 Å². The number of benzene rings is 2. The van der Waals surface area contributed by atoms with E-state index in [9.17, 15) is 13.2 Å². The fourth-order valence-electron chi connectivity index (χ4n) is 3.24. The Labute approximate surface area is 195 Å². The number of carbonyl (C=O) groups excluding carboxylic acids is 1. The molecule has 1 amide bonds. The zero-order valence-corrected chi connectivity index (χ0v) is 20.4. The van der Waals surface area contributed by atoms with Gasteiger partial charge in [0.1, 0.15) is 5.60 Å². The standard InChI is InChI=1S/C16H23ClN2O2.C7H8O3S/c1-16(2,3)21-15(20)19-9-8-14(18)13(10-19)11-4-6-12(17)7-5-11;1-6-2-4-7(5-3-6)11(8,9)10/h4-7,13-14H,8-10,18H2,1-3H3;2-5H,1H3,(H,8,9,10)/t13-,14+;/m0./s1. The van der Waals surface area contributed by atoms with Gasteiger partial charge in [-0.1, -0.05) is 41.4 Å². The maximum atomic E-state index is 12.2. The van der Waals surface area contributed by atoms with Crippen molar-refractivity contribution in [1.82, 2.24) is 4.90 Å². The third-order valence-corrected chi connectivity index (χ3v) is 6.05. The number of hydrogen-bond acceptors (Lipinski definition) is 5. The lowest BCUT2D eigenvalue weighted by Gasteiger charge is -2.37. The van der Waals surface area contributed by atoms with Crippen LogP contribution in [0.4, 0.5) is 4.79 Å². The van der Waals surface area contributed by atoms with Gasteiger partial charge in [0.15, 0.2) is 0 Å². The molecular weight excluding hydrogens is 452 g/mol. The lowest BCUT2D eigenvalue weighted by atomic mass is 9.87. The van der Waals surface area contributed by atoms with Crippen LogP contribution in [0.1, 0.15) is 44.2 Å². The third kappa shape index (κ3) is 8.09. The Morgan fingerprint density at radius 3 is 2.19 bits per heavy atom. The van der Waals surface area contributed by atoms with Crippen molar-refractivity contribution < 1.29 is 22.5 Å². The Morgan fingerprint density at radius 1 is 1.12 bits per heavy atom. The summed E-state index contributed by atoms with van der Waals surface area (Å²) in [4.78, 5) is 13.9. The van der Waals surface area contributed by atoms with Crippen molar-refractivity contribution >= 4 is 27.8 Å². The van der Waals surface area contributed by atoms with Crippen LogP contribution in [0.2, 0.25) is 5.02 Å². The van der Waals surface area contributed by atoms with Gasteiger partial charge in [0, 0.05) is 30.1 Å². The molecule has 1 aliphatic heterocycles. The Kier molecular flexibility index (Phi) is 8.70. The van der Waals surface area contributed by atoms with E-state index in [1.165, 1.54) is 12.1 Å². The van der Waals surface area contributed by atoms with E-state index in [1.54, 1.807) is 17.0 Å². The summed E-state index contributed by atoms with van der Waals surface area (Å²) in [6, 6.07) is 13.7. The third-order valence-electron chi connectivity index (χ3n) is 4.93. The van der Waals surface area contributed by atoms with Gasteiger partial charge in [0.05, 0.1) is 4.90 Å². The molecule has 2 atom stereocenters. The molecule has 0 radical (unpaired) electrons. The fourth-order valence-corrected chi connectivity index (χ4v) is 3.84. The van der Waals surface area contributed by atoms with Gasteiger partial charge in [0.25, 0.3) is 10.1 Å². The number of carbonyl (C=O) groups is 1. The van der Waals surface area contributed by atoms with Gasteiger partial charge in [-0.05, 0) is 63.9 Å². The molecule has 0 bridgehead atoms. The van der Waals surface area contributed by atoms with E-state index < -0.39 is 15.7 Å². The van der Waals surface area contributed by atoms with Crippen molar-refractivity contribution in [2.24, 2.45) is 5.73 Å². The summed E-state index contributed by atoms with van der Waals surface area (Å²) < 4.78 is 35.0. The van der Waals surface area contributed by atoms with E-state index in [2.05, 4.69) is 0 Å². The maximum absolute atomic E-state index is 12.2. The van der Waals surface area contributed by atoms with E-state index in [1.807, 2.05) is 52.0 Å². The van der Waals surface area contributed by atoms with Crippen LogP contribution < -0.4 is 5.73 Å². The van der Waals surface area contributed by atoms with E-state index in [0.29, 0.717) is 18.1 Å². The second-order valence-electron chi connectivity index (χ2n) is 8.83. The van der Waals surface area contributed by atoms with Crippen LogP contribution >= 0.6 is 11.6 Å². The molecule has 0 unspecified atom stereocenters. The number of amides is 1. The topological polar surface area (TPSA) is 110 Å². The molecule has 0 aliphatic carbocycles. The first-order valence-electron chi connectivity index (χ1n) is 10.3. The zero-order valence-electron chi connectivity index (χ0n) is 18.8. The van der Waals surface area contributed by atoms with Crippen molar-refractivity contribution in [2.45, 2.75) is 56.6 Å². The largest absolute Gasteiger partial charge is 0.444 e. The van der Waals surface area contributed by atoms with Crippen LogP contribution in [-0.2, 0) is 14.9 Å². The molecule has 176 valence electrons. The molecule has 1 saturated heterocycles. The van der Waals surface area contributed by atoms with Crippen LogP contribution in [0.3, 0.4) is 0 Å². The Balaban J connectivity index is 0.000000278. The highest BCUT2D eigenvalue weighted by Gasteiger charge is 2.32. The smallest absolute Gasteiger partial charge is 0.410 e. The van der Waals surface area contributed by atoms with Crippen molar-refractivity contribution in [2.75, 3.05) is 13.1 Å². The van der Waals surface area contributed by atoms with Gasteiger partial charge in [-0.15, -0.1) is 0 Å². The minimum absolute atomic E-state index is 0.0462. The average Bonchev–Trinajstić information content (AvgIpc) is 2.68. The Morgan fingerprint density at radius 2 is 1.69 bits per heavy atom. The van der Waals surface area contributed by atoms with Crippen molar-refractivity contribution in [3.63, 3.8) is 0 Å². The van der Waals surface area contributed by atoms with E-state index in [-0.39, 0.29) is 22.9 Å². The molecule has 7 nitrogen and oxygen atoms in total. The Hall–Kier alpha value is -2.13. The summed E-state index contributed by atoms with van der Waals surface area (Å²) in [6.45, 7) is 8.68. The molecule has 2 aromatic carbocycles. The molecule has 0 aromatic heterocycles. The molecule has 2 aromatic rings. The van der Waals surface area contributed by atoms with E-state index in [0.717, 1.165) is 17.5 Å². The lowest BCUT2D eigenvalue weighted by molar-refractivity contribution is 0.0186. The maximum Gasteiger partial charge on any atom is 0.410 e. The molecule has 32 heavy (non-hydrogen) atoms. The molecule has 9 heteroatoms. The van der Waals surface area contributed by atoms with Gasteiger partial charge in [-0.2, -0.15) is 8.42 Å². The number of nitrogens with zero attached hydrogens (tertiary/aromatic N) is 1. The molecule has 1 heterocycles. The number of piperidine rings is 1. The minimum Gasteiger partial charge on any atom is -0.444 e. The van der Waals surface area contributed by atoms with Gasteiger partial charge in [-0.25, -0.2) is 4.79 Å². The molecule has 0 saturated carbocycles. The van der Waals surface area contributed by atoms with Crippen molar-refractivity contribution in [3.8, 4) is 0 Å². The summed E-state index contributed by atoms with van der Waals surface area (Å²) in [5, 5.41) is 0.701. The molecule has 3 rings (SSSR count). The predicted molar refractivity (Wildman–Crippen MR) is 126 cm³/mol. The van der Waals surface area contributed by atoms with Gasteiger partial charge in [0.2, 0.25) is 0 Å². The SMILES string of the molecule is CC(C)(C)OC(=O)N1CC[C@@H](N)[C@H](c2ccc(Cl)cc2)C1.Cc1ccc(S(=O)(=O)O)cc1. The van der Waals surface area contributed by atoms with Crippen LogP contribution in [0.25, 0.3) is 0 Å². The lowest BCUT2D eigenvalue weighted by Crippen LogP contribution is -2.49. The first-order chi connectivity index (χ1) is 14.8.